The number of alkyl halides is 3. The monoisotopic (exact) mass is 287 g/mol. The second-order valence-electron chi connectivity index (χ2n) is 5.34. The molecule has 1 N–H and O–H groups in total. The van der Waals surface area contributed by atoms with Crippen LogP contribution in [0.3, 0.4) is 0 Å². The molecule has 0 radical (unpaired) electrons. The molecule has 2 nitrogen and oxygen atoms in total. The lowest BCUT2D eigenvalue weighted by molar-refractivity contribution is -0.274. The predicted octanol–water partition coefficient (Wildman–Crippen LogP) is 3.91. The molecule has 2 atom stereocenters. The minimum absolute atomic E-state index is 0.157. The zero-order valence-corrected chi connectivity index (χ0v) is 11.5. The van der Waals surface area contributed by atoms with Crippen molar-refractivity contribution in [1.29, 1.82) is 0 Å². The van der Waals surface area contributed by atoms with Gasteiger partial charge in [-0.2, -0.15) is 0 Å². The van der Waals surface area contributed by atoms with Gasteiger partial charge in [0.05, 0.1) is 0 Å². The van der Waals surface area contributed by atoms with Crippen LogP contribution in [0.25, 0.3) is 0 Å². The molecule has 1 aliphatic carbocycles. The maximum absolute atomic E-state index is 12.1. The highest BCUT2D eigenvalue weighted by Gasteiger charge is 2.31. The first-order valence-electron chi connectivity index (χ1n) is 7.00. The van der Waals surface area contributed by atoms with E-state index in [2.05, 4.69) is 10.1 Å². The largest absolute Gasteiger partial charge is 0.573 e. The van der Waals surface area contributed by atoms with Gasteiger partial charge in [-0.3, -0.25) is 0 Å². The molecular weight excluding hydrogens is 267 g/mol. The van der Waals surface area contributed by atoms with E-state index in [4.69, 9.17) is 0 Å². The molecule has 0 saturated heterocycles. The van der Waals surface area contributed by atoms with Crippen molar-refractivity contribution in [2.45, 2.75) is 44.5 Å². The van der Waals surface area contributed by atoms with Crippen LogP contribution >= 0.6 is 0 Å². The quantitative estimate of drug-likeness (QED) is 0.906. The first-order valence-corrected chi connectivity index (χ1v) is 7.00. The van der Waals surface area contributed by atoms with Crippen molar-refractivity contribution < 1.29 is 17.9 Å². The summed E-state index contributed by atoms with van der Waals surface area (Å²) in [6.07, 6.45) is 1.11. The molecular formula is C15H20F3NO. The fraction of sp³-hybridized carbons (Fsp3) is 0.600. The Hall–Kier alpha value is -1.23. The number of benzene rings is 1. The summed E-state index contributed by atoms with van der Waals surface area (Å²) in [7, 11) is 1.98. The topological polar surface area (TPSA) is 21.3 Å². The minimum Gasteiger partial charge on any atom is -0.406 e. The zero-order valence-electron chi connectivity index (χ0n) is 11.5. The number of ether oxygens (including phenoxy) is 1. The lowest BCUT2D eigenvalue weighted by Crippen LogP contribution is -2.37. The van der Waals surface area contributed by atoms with Crippen LogP contribution in [0.4, 0.5) is 13.2 Å². The summed E-state index contributed by atoms with van der Waals surface area (Å²) >= 11 is 0. The van der Waals surface area contributed by atoms with Crippen LogP contribution in [-0.2, 0) is 6.42 Å². The van der Waals surface area contributed by atoms with Crippen molar-refractivity contribution in [2.24, 2.45) is 5.92 Å². The molecule has 0 spiro atoms. The summed E-state index contributed by atoms with van der Waals surface area (Å²) < 4.78 is 40.1. The third kappa shape index (κ3) is 4.40. The summed E-state index contributed by atoms with van der Waals surface area (Å²) in [6.45, 7) is 0. The summed E-state index contributed by atoms with van der Waals surface area (Å²) in [4.78, 5) is 0. The third-order valence-corrected chi connectivity index (χ3v) is 3.93. The number of halogens is 3. The Labute approximate surface area is 117 Å². The van der Waals surface area contributed by atoms with Gasteiger partial charge in [-0.1, -0.05) is 25.0 Å². The Morgan fingerprint density at radius 1 is 1.15 bits per heavy atom. The van der Waals surface area contributed by atoms with Gasteiger partial charge in [0, 0.05) is 6.04 Å². The molecule has 2 rings (SSSR count). The molecule has 1 aromatic rings. The zero-order chi connectivity index (χ0) is 14.6. The standard InChI is InChI=1S/C15H20F3NO/c1-19-14-5-3-2-4-12(14)10-11-6-8-13(9-7-11)20-15(16,17)18/h6-9,12,14,19H,2-5,10H2,1H3. The molecule has 1 fully saturated rings. The fourth-order valence-electron chi connectivity index (χ4n) is 2.96. The number of hydrogen-bond acceptors (Lipinski definition) is 2. The van der Waals surface area contributed by atoms with Gasteiger partial charge in [0.15, 0.2) is 0 Å². The van der Waals surface area contributed by atoms with Gasteiger partial charge in [-0.25, -0.2) is 0 Å². The molecule has 0 aromatic heterocycles. The molecule has 0 heterocycles. The van der Waals surface area contributed by atoms with Crippen molar-refractivity contribution in [3.8, 4) is 5.75 Å². The van der Waals surface area contributed by atoms with Crippen LogP contribution in [0.5, 0.6) is 5.75 Å². The Morgan fingerprint density at radius 3 is 2.40 bits per heavy atom. The molecule has 0 bridgehead atoms. The summed E-state index contributed by atoms with van der Waals surface area (Å²) in [5, 5.41) is 3.34. The van der Waals surface area contributed by atoms with Crippen LogP contribution in [0.1, 0.15) is 31.2 Å². The van der Waals surface area contributed by atoms with E-state index in [0.29, 0.717) is 12.0 Å². The summed E-state index contributed by atoms with van der Waals surface area (Å²) in [5.74, 6) is 0.401. The van der Waals surface area contributed by atoms with E-state index in [1.54, 1.807) is 12.1 Å². The first-order chi connectivity index (χ1) is 9.48. The van der Waals surface area contributed by atoms with E-state index >= 15 is 0 Å². The van der Waals surface area contributed by atoms with E-state index in [1.165, 1.54) is 37.8 Å². The molecule has 20 heavy (non-hydrogen) atoms. The van der Waals surface area contributed by atoms with E-state index in [9.17, 15) is 13.2 Å². The van der Waals surface area contributed by atoms with Gasteiger partial charge < -0.3 is 10.1 Å². The maximum atomic E-state index is 12.1. The minimum atomic E-state index is -4.62. The van der Waals surface area contributed by atoms with Gasteiger partial charge in [0.25, 0.3) is 0 Å². The number of nitrogens with one attached hydrogen (secondary N) is 1. The van der Waals surface area contributed by atoms with Gasteiger partial charge in [0.1, 0.15) is 5.75 Å². The Bertz CT molecular complexity index is 416. The van der Waals surface area contributed by atoms with Gasteiger partial charge in [-0.05, 0) is 49.9 Å². The van der Waals surface area contributed by atoms with Crippen LogP contribution in [0.2, 0.25) is 0 Å². The average Bonchev–Trinajstić information content (AvgIpc) is 2.40. The molecule has 5 heteroatoms. The predicted molar refractivity (Wildman–Crippen MR) is 71.6 cm³/mol. The average molecular weight is 287 g/mol. The van der Waals surface area contributed by atoms with Crippen LogP contribution in [0.15, 0.2) is 24.3 Å². The lowest BCUT2D eigenvalue weighted by Gasteiger charge is -2.31. The van der Waals surface area contributed by atoms with Crippen LogP contribution in [-0.4, -0.2) is 19.5 Å². The molecule has 0 amide bonds. The molecule has 112 valence electrons. The normalized spacial score (nSPS) is 23.6. The Morgan fingerprint density at radius 2 is 1.80 bits per heavy atom. The summed E-state index contributed by atoms with van der Waals surface area (Å²) in [5.41, 5.74) is 1.06. The number of rotatable bonds is 4. The van der Waals surface area contributed by atoms with E-state index in [0.717, 1.165) is 12.0 Å². The van der Waals surface area contributed by atoms with Crippen molar-refractivity contribution in [1.82, 2.24) is 5.32 Å². The Balaban J connectivity index is 1.96. The first kappa shape index (κ1) is 15.2. The SMILES string of the molecule is CNC1CCCCC1Cc1ccc(OC(F)(F)F)cc1. The molecule has 2 unspecified atom stereocenters. The Kier molecular flexibility index (Phi) is 4.91. The van der Waals surface area contributed by atoms with Gasteiger partial charge in [0.2, 0.25) is 0 Å². The van der Waals surface area contributed by atoms with Gasteiger partial charge >= 0.3 is 6.36 Å². The third-order valence-electron chi connectivity index (χ3n) is 3.93. The highest BCUT2D eigenvalue weighted by molar-refractivity contribution is 5.27. The number of hydrogen-bond donors (Lipinski definition) is 1. The van der Waals surface area contributed by atoms with Crippen molar-refractivity contribution in [2.75, 3.05) is 7.05 Å². The van der Waals surface area contributed by atoms with E-state index in [1.807, 2.05) is 7.05 Å². The molecule has 1 aliphatic rings. The molecule has 1 aromatic carbocycles. The fourth-order valence-corrected chi connectivity index (χ4v) is 2.96. The lowest BCUT2D eigenvalue weighted by atomic mass is 9.81. The maximum Gasteiger partial charge on any atom is 0.573 e. The molecule has 1 saturated carbocycles. The summed E-state index contributed by atoms with van der Waals surface area (Å²) in [6, 6.07) is 6.74. The van der Waals surface area contributed by atoms with Crippen LogP contribution in [0, 0.1) is 5.92 Å². The molecule has 0 aliphatic heterocycles. The van der Waals surface area contributed by atoms with Crippen molar-refractivity contribution in [3.63, 3.8) is 0 Å². The van der Waals surface area contributed by atoms with Gasteiger partial charge in [-0.15, -0.1) is 13.2 Å². The van der Waals surface area contributed by atoms with Crippen molar-refractivity contribution >= 4 is 0 Å². The highest BCUT2D eigenvalue weighted by atomic mass is 19.4. The van der Waals surface area contributed by atoms with E-state index in [-0.39, 0.29) is 5.75 Å². The second-order valence-corrected chi connectivity index (χ2v) is 5.34. The van der Waals surface area contributed by atoms with Crippen LogP contribution < -0.4 is 10.1 Å². The second kappa shape index (κ2) is 6.48. The van der Waals surface area contributed by atoms with E-state index < -0.39 is 6.36 Å². The van der Waals surface area contributed by atoms with Crippen molar-refractivity contribution in [3.05, 3.63) is 29.8 Å². The highest BCUT2D eigenvalue weighted by Crippen LogP contribution is 2.28. The smallest absolute Gasteiger partial charge is 0.406 e.